The van der Waals surface area contributed by atoms with Gasteiger partial charge in [-0.1, -0.05) is 0 Å². The summed E-state index contributed by atoms with van der Waals surface area (Å²) < 4.78 is 5.80. The summed E-state index contributed by atoms with van der Waals surface area (Å²) in [7, 11) is 0. The van der Waals surface area contributed by atoms with Crippen molar-refractivity contribution in [3.05, 3.63) is 59.7 Å². The number of nitrogens with zero attached hydrogens (tertiary/aromatic N) is 1. The van der Waals surface area contributed by atoms with E-state index in [0.29, 0.717) is 34.5 Å². The minimum Gasteiger partial charge on any atom is -0.457 e. The Kier molecular flexibility index (Phi) is 4.70. The first kappa shape index (κ1) is 17.7. The van der Waals surface area contributed by atoms with Crippen molar-refractivity contribution in [1.29, 1.82) is 0 Å². The molecule has 5 nitrogen and oxygen atoms in total. The van der Waals surface area contributed by atoms with Gasteiger partial charge in [0.15, 0.2) is 5.78 Å². The Bertz CT molecular complexity index is 845. The first-order valence-corrected chi connectivity index (χ1v) is 9.45. The van der Waals surface area contributed by atoms with Crippen molar-refractivity contribution < 1.29 is 14.3 Å². The molecule has 2 N–H and O–H groups in total. The van der Waals surface area contributed by atoms with Gasteiger partial charge in [-0.2, -0.15) is 0 Å². The Labute approximate surface area is 159 Å². The van der Waals surface area contributed by atoms with Gasteiger partial charge >= 0.3 is 0 Å². The molecule has 2 aromatic carbocycles. The number of rotatable bonds is 4. The third-order valence-corrected chi connectivity index (χ3v) is 5.80. The molecule has 3 atom stereocenters. The van der Waals surface area contributed by atoms with Crippen LogP contribution in [0.2, 0.25) is 0 Å². The number of benzene rings is 2. The number of fused-ring (bicyclic) bond motifs is 1. The molecule has 1 aliphatic heterocycles. The molecule has 1 aliphatic carbocycles. The lowest BCUT2D eigenvalue weighted by atomic mass is 9.98. The van der Waals surface area contributed by atoms with E-state index in [2.05, 4.69) is 0 Å². The zero-order chi connectivity index (χ0) is 19.0. The van der Waals surface area contributed by atoms with E-state index in [-0.39, 0.29) is 17.7 Å². The monoisotopic (exact) mass is 364 g/mol. The van der Waals surface area contributed by atoms with Crippen LogP contribution in [0.15, 0.2) is 48.5 Å². The fourth-order valence-electron chi connectivity index (χ4n) is 4.22. The van der Waals surface area contributed by atoms with Crippen LogP contribution < -0.4 is 10.5 Å². The van der Waals surface area contributed by atoms with Gasteiger partial charge in [0, 0.05) is 30.3 Å². The van der Waals surface area contributed by atoms with Gasteiger partial charge < -0.3 is 15.4 Å². The van der Waals surface area contributed by atoms with Crippen LogP contribution in [0.1, 0.15) is 40.5 Å². The van der Waals surface area contributed by atoms with Gasteiger partial charge in [-0.15, -0.1) is 0 Å². The standard InChI is InChI=1S/C22H24N2O3/c1-14(25)15-2-7-18(8-3-15)27-19-9-4-16(5-10-19)22(26)24-12-17-6-11-21(23)20(17)13-24/h2-5,7-10,17,20-21H,6,11-13,23H2,1H3. The van der Waals surface area contributed by atoms with Gasteiger partial charge in [0.25, 0.3) is 5.91 Å². The zero-order valence-corrected chi connectivity index (χ0v) is 15.4. The molecular weight excluding hydrogens is 340 g/mol. The summed E-state index contributed by atoms with van der Waals surface area (Å²) in [5.74, 6) is 2.41. The number of hydrogen-bond donors (Lipinski definition) is 1. The Morgan fingerprint density at radius 1 is 0.926 bits per heavy atom. The summed E-state index contributed by atoms with van der Waals surface area (Å²) in [4.78, 5) is 26.0. The number of likely N-dealkylation sites (tertiary alicyclic amines) is 1. The lowest BCUT2D eigenvalue weighted by Gasteiger charge is -2.19. The van der Waals surface area contributed by atoms with E-state index in [1.54, 1.807) is 48.5 Å². The van der Waals surface area contributed by atoms with E-state index in [1.807, 2.05) is 4.90 Å². The molecule has 0 bridgehead atoms. The van der Waals surface area contributed by atoms with Gasteiger partial charge in [0.1, 0.15) is 11.5 Å². The van der Waals surface area contributed by atoms with Crippen LogP contribution in [0.4, 0.5) is 0 Å². The Hall–Kier alpha value is -2.66. The van der Waals surface area contributed by atoms with E-state index in [0.717, 1.165) is 25.9 Å². The third kappa shape index (κ3) is 3.60. The second-order valence-corrected chi connectivity index (χ2v) is 7.58. The SMILES string of the molecule is CC(=O)c1ccc(Oc2ccc(C(=O)N3CC4CCC(N)C4C3)cc2)cc1. The van der Waals surface area contributed by atoms with Gasteiger partial charge in [-0.3, -0.25) is 9.59 Å². The van der Waals surface area contributed by atoms with Crippen LogP contribution in [0, 0.1) is 11.8 Å². The third-order valence-electron chi connectivity index (χ3n) is 5.80. The van der Waals surface area contributed by atoms with Crippen LogP contribution in [-0.4, -0.2) is 35.7 Å². The second-order valence-electron chi connectivity index (χ2n) is 7.58. The van der Waals surface area contributed by atoms with E-state index in [9.17, 15) is 9.59 Å². The van der Waals surface area contributed by atoms with Crippen molar-refractivity contribution in [2.75, 3.05) is 13.1 Å². The quantitative estimate of drug-likeness (QED) is 0.843. The lowest BCUT2D eigenvalue weighted by Crippen LogP contribution is -2.33. The van der Waals surface area contributed by atoms with Crippen molar-refractivity contribution in [1.82, 2.24) is 4.90 Å². The first-order chi connectivity index (χ1) is 13.0. The molecule has 0 aromatic heterocycles. The molecular formula is C22H24N2O3. The Balaban J connectivity index is 1.40. The van der Waals surface area contributed by atoms with Crippen LogP contribution in [0.3, 0.4) is 0 Å². The molecule has 0 radical (unpaired) electrons. The Morgan fingerprint density at radius 2 is 1.52 bits per heavy atom. The van der Waals surface area contributed by atoms with Crippen LogP contribution >= 0.6 is 0 Å². The highest BCUT2D eigenvalue weighted by atomic mass is 16.5. The minimum atomic E-state index is 0.0245. The van der Waals surface area contributed by atoms with E-state index < -0.39 is 0 Å². The molecule has 5 heteroatoms. The highest BCUT2D eigenvalue weighted by Crippen LogP contribution is 2.37. The number of carbonyl (C=O) groups is 2. The summed E-state index contributed by atoms with van der Waals surface area (Å²) >= 11 is 0. The van der Waals surface area contributed by atoms with Crippen LogP contribution in [-0.2, 0) is 0 Å². The summed E-state index contributed by atoms with van der Waals surface area (Å²) in [6, 6.07) is 14.5. The second kappa shape index (κ2) is 7.16. The molecule has 1 saturated heterocycles. The predicted octanol–water partition coefficient (Wildman–Crippen LogP) is 3.49. The average molecular weight is 364 g/mol. The average Bonchev–Trinajstić information content (AvgIpc) is 3.24. The number of ether oxygens (including phenoxy) is 1. The van der Waals surface area contributed by atoms with Gasteiger partial charge in [0.05, 0.1) is 0 Å². The van der Waals surface area contributed by atoms with Crippen molar-refractivity contribution in [2.24, 2.45) is 17.6 Å². The van der Waals surface area contributed by atoms with Crippen molar-refractivity contribution in [3.8, 4) is 11.5 Å². The highest BCUT2D eigenvalue weighted by molar-refractivity contribution is 5.95. The van der Waals surface area contributed by atoms with Gasteiger partial charge in [0.2, 0.25) is 0 Å². The van der Waals surface area contributed by atoms with E-state index in [4.69, 9.17) is 10.5 Å². The number of nitrogens with two attached hydrogens (primary N) is 1. The molecule has 2 aromatic rings. The van der Waals surface area contributed by atoms with E-state index >= 15 is 0 Å². The highest BCUT2D eigenvalue weighted by Gasteiger charge is 2.42. The molecule has 3 unspecified atom stereocenters. The van der Waals surface area contributed by atoms with Crippen LogP contribution in [0.25, 0.3) is 0 Å². The molecule has 140 valence electrons. The smallest absolute Gasteiger partial charge is 0.253 e. The van der Waals surface area contributed by atoms with Crippen LogP contribution in [0.5, 0.6) is 11.5 Å². The van der Waals surface area contributed by atoms with E-state index in [1.165, 1.54) is 6.92 Å². The fraction of sp³-hybridized carbons (Fsp3) is 0.364. The predicted molar refractivity (Wildman–Crippen MR) is 103 cm³/mol. The summed E-state index contributed by atoms with van der Waals surface area (Å²) in [5.41, 5.74) is 7.49. The maximum absolute atomic E-state index is 12.8. The van der Waals surface area contributed by atoms with Crippen molar-refractivity contribution >= 4 is 11.7 Å². The van der Waals surface area contributed by atoms with Gasteiger partial charge in [-0.25, -0.2) is 0 Å². The summed E-state index contributed by atoms with van der Waals surface area (Å²) in [5, 5.41) is 0. The number of carbonyl (C=O) groups excluding carboxylic acids is 2. The zero-order valence-electron chi connectivity index (χ0n) is 15.4. The number of ketones is 1. The maximum atomic E-state index is 12.8. The molecule has 1 saturated carbocycles. The molecule has 2 aliphatic rings. The first-order valence-electron chi connectivity index (χ1n) is 9.45. The summed E-state index contributed by atoms with van der Waals surface area (Å²) in [6.07, 6.45) is 2.21. The number of Topliss-reactive ketones (excluding diaryl/α,β-unsaturated/α-hetero) is 1. The molecule has 1 heterocycles. The minimum absolute atomic E-state index is 0.0245. The number of hydrogen-bond acceptors (Lipinski definition) is 4. The maximum Gasteiger partial charge on any atom is 0.253 e. The molecule has 1 amide bonds. The largest absolute Gasteiger partial charge is 0.457 e. The molecule has 2 fully saturated rings. The molecule has 4 rings (SSSR count). The van der Waals surface area contributed by atoms with Crippen molar-refractivity contribution in [3.63, 3.8) is 0 Å². The van der Waals surface area contributed by atoms with Gasteiger partial charge in [-0.05, 0) is 80.1 Å². The van der Waals surface area contributed by atoms with Crippen molar-refractivity contribution in [2.45, 2.75) is 25.8 Å². The topological polar surface area (TPSA) is 72.6 Å². The Morgan fingerprint density at radius 3 is 2.07 bits per heavy atom. The molecule has 27 heavy (non-hydrogen) atoms. The summed E-state index contributed by atoms with van der Waals surface area (Å²) in [6.45, 7) is 3.12. The fourth-order valence-corrected chi connectivity index (χ4v) is 4.22. The number of amides is 1. The molecule has 0 spiro atoms. The lowest BCUT2D eigenvalue weighted by molar-refractivity contribution is 0.0779. The normalized spacial score (nSPS) is 23.9.